The van der Waals surface area contributed by atoms with Crippen LogP contribution in [0.3, 0.4) is 0 Å². The molecular weight excluding hydrogens is 372 g/mol. The molecule has 0 aliphatic carbocycles. The van der Waals surface area contributed by atoms with Crippen molar-refractivity contribution in [3.63, 3.8) is 0 Å². The minimum atomic E-state index is -0.400. The van der Waals surface area contributed by atoms with Gasteiger partial charge < -0.3 is 24.8 Å². The van der Waals surface area contributed by atoms with Gasteiger partial charge >= 0.3 is 0 Å². The number of aromatic nitrogens is 2. The molecule has 8 nitrogen and oxygen atoms in total. The van der Waals surface area contributed by atoms with Gasteiger partial charge in [-0.1, -0.05) is 11.6 Å². The molecule has 1 aromatic carbocycles. The predicted molar refractivity (Wildman–Crippen MR) is 104 cm³/mol. The zero-order valence-corrected chi connectivity index (χ0v) is 16.5. The van der Waals surface area contributed by atoms with E-state index in [0.29, 0.717) is 47.0 Å². The van der Waals surface area contributed by atoms with Crippen LogP contribution in [0.15, 0.2) is 18.2 Å². The van der Waals surface area contributed by atoms with Gasteiger partial charge in [0.1, 0.15) is 17.2 Å². The van der Waals surface area contributed by atoms with E-state index in [1.165, 1.54) is 14.2 Å². The van der Waals surface area contributed by atoms with E-state index in [9.17, 15) is 4.79 Å². The maximum absolute atomic E-state index is 12.7. The highest BCUT2D eigenvalue weighted by molar-refractivity contribution is 6.32. The maximum Gasteiger partial charge on any atom is 0.274 e. The molecular formula is C18H23ClN4O4. The van der Waals surface area contributed by atoms with E-state index in [-0.39, 0.29) is 5.69 Å². The van der Waals surface area contributed by atoms with E-state index in [1.807, 2.05) is 0 Å². The maximum atomic E-state index is 12.7. The van der Waals surface area contributed by atoms with Crippen LogP contribution < -0.4 is 20.1 Å². The first-order valence-corrected chi connectivity index (χ1v) is 8.67. The van der Waals surface area contributed by atoms with Crippen LogP contribution in [0.4, 0.5) is 11.6 Å². The van der Waals surface area contributed by atoms with Gasteiger partial charge in [-0.25, -0.2) is 9.97 Å². The molecule has 1 amide bonds. The molecule has 0 atom stereocenters. The van der Waals surface area contributed by atoms with Gasteiger partial charge in [0, 0.05) is 38.1 Å². The second-order valence-corrected chi connectivity index (χ2v) is 6.04. The van der Waals surface area contributed by atoms with Crippen LogP contribution in [0.25, 0.3) is 0 Å². The summed E-state index contributed by atoms with van der Waals surface area (Å²) in [6, 6.07) is 4.77. The highest BCUT2D eigenvalue weighted by Gasteiger charge is 2.16. The van der Waals surface area contributed by atoms with Crippen molar-refractivity contribution in [2.45, 2.75) is 13.3 Å². The summed E-state index contributed by atoms with van der Waals surface area (Å²) in [6.45, 7) is 3.07. The molecule has 0 fully saturated rings. The van der Waals surface area contributed by atoms with Crippen molar-refractivity contribution in [2.24, 2.45) is 0 Å². The minimum Gasteiger partial charge on any atom is -0.495 e. The van der Waals surface area contributed by atoms with Crippen molar-refractivity contribution in [3.8, 4) is 11.5 Å². The van der Waals surface area contributed by atoms with E-state index in [2.05, 4.69) is 20.6 Å². The molecule has 0 unspecified atom stereocenters. The summed E-state index contributed by atoms with van der Waals surface area (Å²) in [6.07, 6.45) is 0.803. The van der Waals surface area contributed by atoms with Crippen LogP contribution in [0, 0.1) is 6.92 Å². The lowest BCUT2D eigenvalue weighted by molar-refractivity contribution is 0.102. The summed E-state index contributed by atoms with van der Waals surface area (Å²) in [4.78, 5) is 21.2. The molecule has 0 aliphatic rings. The average Bonchev–Trinajstić information content (AvgIpc) is 2.65. The zero-order chi connectivity index (χ0) is 19.8. The largest absolute Gasteiger partial charge is 0.495 e. The lowest BCUT2D eigenvalue weighted by atomic mass is 10.2. The zero-order valence-electron chi connectivity index (χ0n) is 15.8. The molecule has 0 spiro atoms. The summed E-state index contributed by atoms with van der Waals surface area (Å²) < 4.78 is 15.5. The third kappa shape index (κ3) is 5.70. The molecule has 0 aliphatic heterocycles. The second kappa shape index (κ2) is 9.94. The summed E-state index contributed by atoms with van der Waals surface area (Å²) in [7, 11) is 4.63. The highest BCUT2D eigenvalue weighted by Crippen LogP contribution is 2.36. The topological polar surface area (TPSA) is 94.6 Å². The summed E-state index contributed by atoms with van der Waals surface area (Å²) in [5.41, 5.74) is 1.33. The Kier molecular flexibility index (Phi) is 7.63. The number of hydrogen-bond acceptors (Lipinski definition) is 7. The quantitative estimate of drug-likeness (QED) is 0.631. The number of methoxy groups -OCH3 is 3. The van der Waals surface area contributed by atoms with Gasteiger partial charge in [0.25, 0.3) is 5.91 Å². The Bertz CT molecular complexity index is 801. The smallest absolute Gasteiger partial charge is 0.274 e. The van der Waals surface area contributed by atoms with Gasteiger partial charge in [0.15, 0.2) is 0 Å². The van der Waals surface area contributed by atoms with Crippen LogP contribution in [-0.2, 0) is 4.74 Å². The van der Waals surface area contributed by atoms with Gasteiger partial charge in [0.05, 0.1) is 24.9 Å². The van der Waals surface area contributed by atoms with Crippen LogP contribution in [0.2, 0.25) is 5.02 Å². The van der Waals surface area contributed by atoms with Crippen molar-refractivity contribution in [1.82, 2.24) is 9.97 Å². The number of nitrogens with zero attached hydrogens (tertiary/aromatic N) is 2. The molecule has 1 aromatic heterocycles. The first-order chi connectivity index (χ1) is 13.0. The number of ether oxygens (including phenoxy) is 3. The van der Waals surface area contributed by atoms with Gasteiger partial charge in [-0.3, -0.25) is 4.79 Å². The molecule has 2 rings (SSSR count). The molecule has 0 bridgehead atoms. The number of benzene rings is 1. The normalized spacial score (nSPS) is 10.4. The molecule has 146 valence electrons. The van der Waals surface area contributed by atoms with Crippen LogP contribution >= 0.6 is 11.6 Å². The van der Waals surface area contributed by atoms with Crippen LogP contribution in [-0.4, -0.2) is 50.4 Å². The molecule has 1 heterocycles. The average molecular weight is 395 g/mol. The Morgan fingerprint density at radius 2 is 1.85 bits per heavy atom. The first kappa shape index (κ1) is 20.7. The fourth-order valence-corrected chi connectivity index (χ4v) is 2.56. The van der Waals surface area contributed by atoms with Gasteiger partial charge in [-0.2, -0.15) is 0 Å². The SMILES string of the molecule is COCCCNc1nc(C)cc(C(=O)Nc2cc(OC)c(Cl)cc2OC)n1. The predicted octanol–water partition coefficient (Wildman–Crippen LogP) is 3.16. The number of amides is 1. The Morgan fingerprint density at radius 3 is 2.52 bits per heavy atom. The fraction of sp³-hybridized carbons (Fsp3) is 0.389. The number of aryl methyl sites for hydroxylation is 1. The molecule has 0 saturated carbocycles. The molecule has 9 heteroatoms. The summed E-state index contributed by atoms with van der Waals surface area (Å²) in [5, 5.41) is 6.24. The Balaban J connectivity index is 2.19. The molecule has 0 radical (unpaired) electrons. The van der Waals surface area contributed by atoms with Crippen molar-refractivity contribution in [2.75, 3.05) is 45.1 Å². The standard InChI is InChI=1S/C18H23ClN4O4/c1-11-8-14(23-18(21-11)20-6-5-7-25-2)17(24)22-13-10-15(26-3)12(19)9-16(13)27-4/h8-10H,5-7H2,1-4H3,(H,22,24)(H,20,21,23). The monoisotopic (exact) mass is 394 g/mol. The minimum absolute atomic E-state index is 0.229. The van der Waals surface area contributed by atoms with E-state index in [0.717, 1.165) is 6.42 Å². The van der Waals surface area contributed by atoms with Crippen molar-refractivity contribution in [1.29, 1.82) is 0 Å². The molecule has 2 N–H and O–H groups in total. The van der Waals surface area contributed by atoms with E-state index >= 15 is 0 Å². The molecule has 2 aromatic rings. The number of carbonyl (C=O) groups excluding carboxylic acids is 1. The lowest BCUT2D eigenvalue weighted by Crippen LogP contribution is -2.17. The number of carbonyl (C=O) groups is 1. The second-order valence-electron chi connectivity index (χ2n) is 5.63. The van der Waals surface area contributed by atoms with Gasteiger partial charge in [0.2, 0.25) is 5.95 Å². The van der Waals surface area contributed by atoms with Crippen molar-refractivity contribution < 1.29 is 19.0 Å². The summed E-state index contributed by atoms with van der Waals surface area (Å²) in [5.74, 6) is 0.824. The van der Waals surface area contributed by atoms with E-state index in [1.54, 1.807) is 32.2 Å². The number of halogens is 1. The third-order valence-corrected chi connectivity index (χ3v) is 3.91. The number of hydrogen-bond donors (Lipinski definition) is 2. The molecule has 27 heavy (non-hydrogen) atoms. The van der Waals surface area contributed by atoms with Crippen LogP contribution in [0.1, 0.15) is 22.6 Å². The number of nitrogens with one attached hydrogen (secondary N) is 2. The lowest BCUT2D eigenvalue weighted by Gasteiger charge is -2.13. The van der Waals surface area contributed by atoms with E-state index < -0.39 is 5.91 Å². The molecule has 0 saturated heterocycles. The Morgan fingerprint density at radius 1 is 1.11 bits per heavy atom. The summed E-state index contributed by atoms with van der Waals surface area (Å²) >= 11 is 6.09. The van der Waals surface area contributed by atoms with Gasteiger partial charge in [-0.15, -0.1) is 0 Å². The Labute approximate surface area is 163 Å². The fourth-order valence-electron chi connectivity index (χ4n) is 2.33. The van der Waals surface area contributed by atoms with E-state index in [4.69, 9.17) is 25.8 Å². The van der Waals surface area contributed by atoms with Crippen molar-refractivity contribution in [3.05, 3.63) is 34.6 Å². The first-order valence-electron chi connectivity index (χ1n) is 8.29. The highest BCUT2D eigenvalue weighted by atomic mass is 35.5. The Hall–Kier alpha value is -2.58. The number of anilines is 2. The van der Waals surface area contributed by atoms with Crippen LogP contribution in [0.5, 0.6) is 11.5 Å². The van der Waals surface area contributed by atoms with Gasteiger partial charge in [-0.05, 0) is 19.4 Å². The third-order valence-electron chi connectivity index (χ3n) is 3.62. The van der Waals surface area contributed by atoms with Crippen molar-refractivity contribution >= 4 is 29.1 Å². The number of rotatable bonds is 9.